The summed E-state index contributed by atoms with van der Waals surface area (Å²) in [6.07, 6.45) is 7.86. The summed E-state index contributed by atoms with van der Waals surface area (Å²) in [6, 6.07) is 5.10. The summed E-state index contributed by atoms with van der Waals surface area (Å²) in [5.74, 6) is 2.03. The molecule has 1 aromatic carbocycles. The first kappa shape index (κ1) is 28.5. The number of aliphatic hydroxyl groups is 1. The number of rotatable bonds is 6. The highest BCUT2D eigenvalue weighted by Crippen LogP contribution is 2.37. The number of benzene rings is 1. The summed E-state index contributed by atoms with van der Waals surface area (Å²) in [4.78, 5) is 30.9. The number of ether oxygens (including phenoxy) is 1. The van der Waals surface area contributed by atoms with Crippen molar-refractivity contribution in [2.75, 3.05) is 13.2 Å². The molecule has 3 aromatic heterocycles. The second-order valence-electron chi connectivity index (χ2n) is 10.2. The van der Waals surface area contributed by atoms with Gasteiger partial charge in [0.15, 0.2) is 5.65 Å². The Morgan fingerprint density at radius 2 is 1.70 bits per heavy atom. The van der Waals surface area contributed by atoms with Gasteiger partial charge < -0.3 is 18.8 Å². The van der Waals surface area contributed by atoms with Gasteiger partial charge in [-0.05, 0) is 43.4 Å². The van der Waals surface area contributed by atoms with E-state index >= 15 is 0 Å². The van der Waals surface area contributed by atoms with Crippen LogP contribution in [0.1, 0.15) is 44.1 Å². The number of hydrogen-bond acceptors (Lipinski definition) is 8. The number of hydrogen-bond donors (Lipinski definition) is 1. The van der Waals surface area contributed by atoms with Crippen LogP contribution in [0.4, 0.5) is 0 Å². The lowest BCUT2D eigenvalue weighted by atomic mass is 10.1. The molecule has 6 rings (SSSR count). The first-order valence-corrected chi connectivity index (χ1v) is 14.1. The molecule has 0 spiro atoms. The van der Waals surface area contributed by atoms with E-state index in [1.807, 2.05) is 23.6 Å². The molecule has 3 heterocycles. The van der Waals surface area contributed by atoms with Crippen LogP contribution in [-0.2, 0) is 9.59 Å². The van der Waals surface area contributed by atoms with Gasteiger partial charge in [0.2, 0.25) is 5.82 Å². The number of nitrogens with zero attached hydrogens (tertiary/aromatic N) is 4. The molecule has 2 atom stereocenters. The van der Waals surface area contributed by atoms with Crippen LogP contribution in [0.5, 0.6) is 5.75 Å². The van der Waals surface area contributed by atoms with Crippen molar-refractivity contribution in [3.63, 3.8) is 0 Å². The fourth-order valence-corrected chi connectivity index (χ4v) is 5.60. The predicted octanol–water partition coefficient (Wildman–Crippen LogP) is 6.42. The first-order chi connectivity index (χ1) is 19.2. The molecule has 0 radical (unpaired) electrons. The second-order valence-corrected chi connectivity index (χ2v) is 11.4. The molecule has 0 saturated heterocycles. The molecule has 2 fully saturated rings. The summed E-state index contributed by atoms with van der Waals surface area (Å²) < 4.78 is 13.0. The molecule has 4 aromatic rings. The SMILES string of the molecule is Cc1cc(Cl)c2nc(-c3nc(-c4cc(Cl)c(OC[C@H]5CCC(=O)C5)cc4Cl)no3)cn2c1.O=C1CC[C@H](CO)C1. The van der Waals surface area contributed by atoms with E-state index in [0.29, 0.717) is 75.8 Å². The van der Waals surface area contributed by atoms with Crippen molar-refractivity contribution in [2.24, 2.45) is 11.8 Å². The van der Waals surface area contributed by atoms with Gasteiger partial charge in [-0.1, -0.05) is 40.0 Å². The number of imidazole rings is 1. The first-order valence-electron chi connectivity index (χ1n) is 13.0. The molecule has 2 saturated carbocycles. The Labute approximate surface area is 245 Å². The maximum atomic E-state index is 11.4. The number of Topliss-reactive ketones (excluding diaryl/α,β-unsaturated/α-hetero) is 2. The van der Waals surface area contributed by atoms with Gasteiger partial charge in [0.05, 0.1) is 21.7 Å². The third-order valence-corrected chi connectivity index (χ3v) is 7.87. The summed E-state index contributed by atoms with van der Waals surface area (Å²) in [5.41, 5.74) is 2.59. The second kappa shape index (κ2) is 12.3. The third kappa shape index (κ3) is 6.49. The molecule has 2 aliphatic rings. The Hall–Kier alpha value is -2.98. The largest absolute Gasteiger partial charge is 0.492 e. The van der Waals surface area contributed by atoms with E-state index < -0.39 is 0 Å². The number of aliphatic hydroxyl groups excluding tert-OH is 1. The predicted molar refractivity (Wildman–Crippen MR) is 151 cm³/mol. The van der Waals surface area contributed by atoms with E-state index in [1.165, 1.54) is 0 Å². The van der Waals surface area contributed by atoms with Crippen molar-refractivity contribution >= 4 is 52.0 Å². The molecule has 1 N–H and O–H groups in total. The number of aromatic nitrogens is 4. The van der Waals surface area contributed by atoms with E-state index in [1.54, 1.807) is 18.3 Å². The topological polar surface area (TPSA) is 120 Å². The Bertz CT molecular complexity index is 1570. The van der Waals surface area contributed by atoms with Gasteiger partial charge in [-0.2, -0.15) is 4.98 Å². The highest BCUT2D eigenvalue weighted by molar-refractivity contribution is 6.36. The van der Waals surface area contributed by atoms with Crippen LogP contribution in [0.3, 0.4) is 0 Å². The minimum Gasteiger partial charge on any atom is -0.492 e. The zero-order valence-corrected chi connectivity index (χ0v) is 24.0. The van der Waals surface area contributed by atoms with Gasteiger partial charge in [0, 0.05) is 62.2 Å². The maximum Gasteiger partial charge on any atom is 0.278 e. The molecule has 9 nitrogen and oxygen atoms in total. The maximum absolute atomic E-state index is 11.4. The van der Waals surface area contributed by atoms with Crippen LogP contribution < -0.4 is 4.74 Å². The fourth-order valence-electron chi connectivity index (χ4n) is 4.83. The zero-order chi connectivity index (χ0) is 28.4. The molecule has 12 heteroatoms. The molecular formula is C28H27Cl3N4O5. The Balaban J connectivity index is 0.000000348. The number of fused-ring (bicyclic) bond motifs is 1. The Morgan fingerprint density at radius 3 is 2.35 bits per heavy atom. The summed E-state index contributed by atoms with van der Waals surface area (Å²) in [5, 5.41) is 13.8. The van der Waals surface area contributed by atoms with Crippen LogP contribution in [-0.4, -0.2) is 49.4 Å². The molecule has 0 bridgehead atoms. The number of halogens is 3. The van der Waals surface area contributed by atoms with Gasteiger partial charge in [0.25, 0.3) is 5.89 Å². The molecular weight excluding hydrogens is 579 g/mol. The number of carbonyl (C=O) groups excluding carboxylic acids is 2. The Kier molecular flexibility index (Phi) is 8.75. The zero-order valence-electron chi connectivity index (χ0n) is 21.7. The van der Waals surface area contributed by atoms with E-state index in [9.17, 15) is 9.59 Å². The van der Waals surface area contributed by atoms with E-state index in [2.05, 4.69) is 15.1 Å². The van der Waals surface area contributed by atoms with Crippen LogP contribution in [0.25, 0.3) is 28.6 Å². The number of ketones is 2. The average Bonchev–Trinajstić information content (AvgIpc) is 3.71. The number of aryl methyl sites for hydroxylation is 1. The van der Waals surface area contributed by atoms with Crippen molar-refractivity contribution in [1.82, 2.24) is 19.5 Å². The minimum atomic E-state index is 0.186. The van der Waals surface area contributed by atoms with Crippen molar-refractivity contribution in [3.8, 4) is 28.7 Å². The monoisotopic (exact) mass is 604 g/mol. The average molecular weight is 606 g/mol. The molecule has 2 aliphatic carbocycles. The van der Waals surface area contributed by atoms with Gasteiger partial charge in [-0.3, -0.25) is 9.59 Å². The standard InChI is InChI=1S/C22H17Cl3N4O3.C6H10O2/c1-11-4-17(25)21-26-18(9-29(21)8-11)22-27-20(28-32-22)14-6-16(24)19(7-15(14)23)31-10-12-2-3-13(30)5-12;7-4-5-1-2-6(8)3-5/h4,6-9,12H,2-3,5,10H2,1H3;5,7H,1-4H2/t12-;5-/m00/s1. The molecule has 0 amide bonds. The highest BCUT2D eigenvalue weighted by atomic mass is 35.5. The van der Waals surface area contributed by atoms with Gasteiger partial charge >= 0.3 is 0 Å². The molecule has 0 unspecified atom stereocenters. The number of pyridine rings is 1. The lowest BCUT2D eigenvalue weighted by Gasteiger charge is -2.13. The normalized spacial score (nSPS) is 18.8. The van der Waals surface area contributed by atoms with Crippen molar-refractivity contribution in [2.45, 2.75) is 45.4 Å². The van der Waals surface area contributed by atoms with Crippen LogP contribution in [0.15, 0.2) is 35.1 Å². The van der Waals surface area contributed by atoms with E-state index in [-0.39, 0.29) is 35.9 Å². The van der Waals surface area contributed by atoms with Crippen molar-refractivity contribution < 1.29 is 24.0 Å². The van der Waals surface area contributed by atoms with Crippen LogP contribution in [0.2, 0.25) is 15.1 Å². The van der Waals surface area contributed by atoms with E-state index in [4.69, 9.17) is 49.2 Å². The minimum absolute atomic E-state index is 0.186. The lowest BCUT2D eigenvalue weighted by Crippen LogP contribution is -2.09. The van der Waals surface area contributed by atoms with Crippen LogP contribution in [0, 0.1) is 18.8 Å². The molecule has 210 valence electrons. The molecule has 40 heavy (non-hydrogen) atoms. The Morgan fingerprint density at radius 1 is 0.975 bits per heavy atom. The highest BCUT2D eigenvalue weighted by Gasteiger charge is 2.24. The number of carbonyl (C=O) groups is 2. The van der Waals surface area contributed by atoms with E-state index in [0.717, 1.165) is 18.4 Å². The lowest BCUT2D eigenvalue weighted by molar-refractivity contribution is -0.118. The third-order valence-electron chi connectivity index (χ3n) is 6.98. The van der Waals surface area contributed by atoms with Gasteiger partial charge in [-0.25, -0.2) is 4.98 Å². The van der Waals surface area contributed by atoms with Crippen molar-refractivity contribution in [3.05, 3.63) is 51.2 Å². The summed E-state index contributed by atoms with van der Waals surface area (Å²) in [6.45, 7) is 2.55. The van der Waals surface area contributed by atoms with Crippen molar-refractivity contribution in [1.29, 1.82) is 0 Å². The fraction of sp³-hybridized carbons (Fsp3) is 0.393. The van der Waals surface area contributed by atoms with Gasteiger partial charge in [-0.15, -0.1) is 0 Å². The summed E-state index contributed by atoms with van der Waals surface area (Å²) >= 11 is 19.1. The summed E-state index contributed by atoms with van der Waals surface area (Å²) in [7, 11) is 0. The smallest absolute Gasteiger partial charge is 0.278 e. The molecule has 0 aliphatic heterocycles. The van der Waals surface area contributed by atoms with Gasteiger partial charge in [0.1, 0.15) is 23.0 Å². The van der Waals surface area contributed by atoms with Crippen LogP contribution >= 0.6 is 34.8 Å². The quantitative estimate of drug-likeness (QED) is 0.268.